The summed E-state index contributed by atoms with van der Waals surface area (Å²) in [6.07, 6.45) is 6.57. The molecule has 0 fully saturated rings. The van der Waals surface area contributed by atoms with Crippen LogP contribution in [0.25, 0.3) is 0 Å². The average molecular weight is 246 g/mol. The first-order chi connectivity index (χ1) is 9.34. The Kier molecular flexibility index (Phi) is 3.23. The maximum atomic E-state index is 10.2. The molecule has 0 spiro atoms. The van der Waals surface area contributed by atoms with E-state index in [1.54, 1.807) is 0 Å². The minimum Gasteiger partial charge on any atom is -0.376 e. The highest BCUT2D eigenvalue weighted by atomic mass is 16.3. The average Bonchev–Trinajstić information content (AvgIpc) is 2.46. The van der Waals surface area contributed by atoms with Gasteiger partial charge in [0.15, 0.2) is 0 Å². The summed E-state index contributed by atoms with van der Waals surface area (Å²) in [6, 6.07) is 7.63. The monoisotopic (exact) mass is 246 g/mol. The van der Waals surface area contributed by atoms with Crippen molar-refractivity contribution in [3.8, 4) is 23.7 Å². The van der Waals surface area contributed by atoms with Gasteiger partial charge in [-0.3, -0.25) is 0 Å². The standard InChI is InChI=1S/C18H14O/c19-18-13-12-15-7-2-1-6-14(15)9-5-10-16-8-3-4-11-17(16)18/h3-4,7-9,11,18-19H,1-2,6H2. The zero-order chi connectivity index (χ0) is 13.1. The first-order valence-corrected chi connectivity index (χ1v) is 6.54. The SMILES string of the molecule is OC1C#CC2=CCCCC2=CC#Cc2ccccc21. The molecule has 0 aromatic heterocycles. The van der Waals surface area contributed by atoms with Crippen LogP contribution in [0.3, 0.4) is 0 Å². The second-order valence-corrected chi connectivity index (χ2v) is 4.71. The Hall–Kier alpha value is -2.22. The molecule has 3 rings (SSSR count). The van der Waals surface area contributed by atoms with Crippen molar-refractivity contribution < 1.29 is 5.11 Å². The molecule has 0 heterocycles. The minimum atomic E-state index is -0.771. The van der Waals surface area contributed by atoms with E-state index in [-0.39, 0.29) is 0 Å². The zero-order valence-corrected chi connectivity index (χ0v) is 10.6. The van der Waals surface area contributed by atoms with Crippen molar-refractivity contribution >= 4 is 0 Å². The van der Waals surface area contributed by atoms with Crippen LogP contribution in [0.1, 0.15) is 36.5 Å². The maximum Gasteiger partial charge on any atom is 0.141 e. The lowest BCUT2D eigenvalue weighted by atomic mass is 9.92. The Bertz CT molecular complexity index is 684. The number of hydrogen-bond donors (Lipinski definition) is 1. The van der Waals surface area contributed by atoms with Crippen LogP contribution in [0, 0.1) is 23.7 Å². The van der Waals surface area contributed by atoms with Crippen LogP contribution >= 0.6 is 0 Å². The number of benzene rings is 1. The van der Waals surface area contributed by atoms with Crippen LogP contribution in [0.15, 0.2) is 47.6 Å². The molecule has 0 bridgehead atoms. The molecule has 1 unspecified atom stereocenters. The molecular formula is C18H14O. The lowest BCUT2D eigenvalue weighted by molar-refractivity contribution is 0.238. The summed E-state index contributed by atoms with van der Waals surface area (Å²) in [7, 11) is 0. The highest BCUT2D eigenvalue weighted by Gasteiger charge is 2.11. The number of aliphatic hydroxyl groups is 1. The van der Waals surface area contributed by atoms with E-state index in [2.05, 4.69) is 29.8 Å². The highest BCUT2D eigenvalue weighted by Crippen LogP contribution is 2.24. The third-order valence-corrected chi connectivity index (χ3v) is 3.40. The number of fused-ring (bicyclic) bond motifs is 2. The van der Waals surface area contributed by atoms with Crippen molar-refractivity contribution in [3.05, 3.63) is 58.7 Å². The van der Waals surface area contributed by atoms with Gasteiger partial charge in [0.2, 0.25) is 0 Å². The number of allylic oxidation sites excluding steroid dienone is 4. The lowest BCUT2D eigenvalue weighted by Crippen LogP contribution is -2.00. The molecule has 1 aromatic rings. The Labute approximate surface area is 113 Å². The van der Waals surface area contributed by atoms with Gasteiger partial charge in [0, 0.05) is 16.7 Å². The smallest absolute Gasteiger partial charge is 0.141 e. The second kappa shape index (κ2) is 5.19. The first kappa shape index (κ1) is 11.8. The summed E-state index contributed by atoms with van der Waals surface area (Å²) in [4.78, 5) is 0. The molecule has 0 amide bonds. The summed E-state index contributed by atoms with van der Waals surface area (Å²) >= 11 is 0. The highest BCUT2D eigenvalue weighted by molar-refractivity contribution is 5.54. The van der Waals surface area contributed by atoms with Crippen molar-refractivity contribution in [1.29, 1.82) is 0 Å². The molecular weight excluding hydrogens is 232 g/mol. The van der Waals surface area contributed by atoms with Crippen molar-refractivity contribution in [2.75, 3.05) is 0 Å². The Balaban J connectivity index is 2.14. The van der Waals surface area contributed by atoms with Gasteiger partial charge in [-0.15, -0.1) is 0 Å². The number of aliphatic hydroxyl groups excluding tert-OH is 1. The van der Waals surface area contributed by atoms with Crippen LogP contribution in [-0.4, -0.2) is 5.11 Å². The fourth-order valence-corrected chi connectivity index (χ4v) is 2.36. The number of rotatable bonds is 0. The Morgan fingerprint density at radius 1 is 1.16 bits per heavy atom. The van der Waals surface area contributed by atoms with E-state index >= 15 is 0 Å². The first-order valence-electron chi connectivity index (χ1n) is 6.54. The molecule has 0 aliphatic heterocycles. The lowest BCUT2D eigenvalue weighted by Gasteiger charge is -2.12. The Morgan fingerprint density at radius 3 is 3.00 bits per heavy atom. The van der Waals surface area contributed by atoms with E-state index in [9.17, 15) is 5.11 Å². The zero-order valence-electron chi connectivity index (χ0n) is 10.6. The molecule has 1 N–H and O–H groups in total. The Morgan fingerprint density at radius 2 is 2.05 bits per heavy atom. The predicted molar refractivity (Wildman–Crippen MR) is 76.1 cm³/mol. The van der Waals surface area contributed by atoms with E-state index in [0.29, 0.717) is 0 Å². The van der Waals surface area contributed by atoms with Gasteiger partial charge in [-0.05, 0) is 37.0 Å². The maximum absolute atomic E-state index is 10.2. The van der Waals surface area contributed by atoms with Crippen molar-refractivity contribution in [2.45, 2.75) is 25.4 Å². The van der Waals surface area contributed by atoms with E-state index in [0.717, 1.165) is 36.0 Å². The summed E-state index contributed by atoms with van der Waals surface area (Å²) in [5.74, 6) is 12.3. The van der Waals surface area contributed by atoms with Gasteiger partial charge in [-0.25, -0.2) is 0 Å². The van der Waals surface area contributed by atoms with Crippen LogP contribution in [-0.2, 0) is 0 Å². The van der Waals surface area contributed by atoms with Gasteiger partial charge in [-0.1, -0.05) is 48.0 Å². The molecule has 1 heteroatoms. The second-order valence-electron chi connectivity index (χ2n) is 4.71. The van der Waals surface area contributed by atoms with E-state index in [1.165, 1.54) is 5.57 Å². The summed E-state index contributed by atoms with van der Waals surface area (Å²) in [5, 5.41) is 10.2. The normalized spacial score (nSPS) is 20.4. The molecule has 0 saturated heterocycles. The van der Waals surface area contributed by atoms with Gasteiger partial charge < -0.3 is 5.11 Å². The van der Waals surface area contributed by atoms with Crippen molar-refractivity contribution in [3.63, 3.8) is 0 Å². The molecule has 2 aliphatic carbocycles. The third-order valence-electron chi connectivity index (χ3n) is 3.40. The fourth-order valence-electron chi connectivity index (χ4n) is 2.36. The fraction of sp³-hybridized carbons (Fsp3) is 0.222. The predicted octanol–water partition coefficient (Wildman–Crippen LogP) is 3.13. The van der Waals surface area contributed by atoms with E-state index < -0.39 is 6.10 Å². The number of hydrogen-bond acceptors (Lipinski definition) is 1. The third kappa shape index (κ3) is 2.48. The van der Waals surface area contributed by atoms with Crippen molar-refractivity contribution in [2.24, 2.45) is 0 Å². The van der Waals surface area contributed by atoms with E-state index in [4.69, 9.17) is 0 Å². The molecule has 0 saturated carbocycles. The quantitative estimate of drug-likeness (QED) is 0.697. The van der Waals surface area contributed by atoms with Gasteiger partial charge in [0.05, 0.1) is 0 Å². The van der Waals surface area contributed by atoms with Gasteiger partial charge in [0.25, 0.3) is 0 Å². The van der Waals surface area contributed by atoms with Crippen LogP contribution < -0.4 is 0 Å². The van der Waals surface area contributed by atoms with Crippen LogP contribution in [0.5, 0.6) is 0 Å². The van der Waals surface area contributed by atoms with Crippen molar-refractivity contribution in [1.82, 2.24) is 0 Å². The largest absolute Gasteiger partial charge is 0.376 e. The van der Waals surface area contributed by atoms with Gasteiger partial charge >= 0.3 is 0 Å². The van der Waals surface area contributed by atoms with Crippen LogP contribution in [0.4, 0.5) is 0 Å². The summed E-state index contributed by atoms with van der Waals surface area (Å²) < 4.78 is 0. The molecule has 0 radical (unpaired) electrons. The van der Waals surface area contributed by atoms with Gasteiger partial charge in [0.1, 0.15) is 6.10 Å². The summed E-state index contributed by atoms with van der Waals surface area (Å²) in [5.41, 5.74) is 3.86. The molecule has 1 atom stereocenters. The minimum absolute atomic E-state index is 0.771. The molecule has 2 aliphatic rings. The topological polar surface area (TPSA) is 20.2 Å². The molecule has 1 aromatic carbocycles. The van der Waals surface area contributed by atoms with E-state index in [1.807, 2.05) is 30.3 Å². The van der Waals surface area contributed by atoms with Crippen LogP contribution in [0.2, 0.25) is 0 Å². The summed E-state index contributed by atoms with van der Waals surface area (Å²) in [6.45, 7) is 0. The molecule has 19 heavy (non-hydrogen) atoms. The molecule has 1 nitrogen and oxygen atoms in total. The van der Waals surface area contributed by atoms with Gasteiger partial charge in [-0.2, -0.15) is 0 Å². The molecule has 92 valence electrons.